The van der Waals surface area contributed by atoms with E-state index in [4.69, 9.17) is 0 Å². The zero-order chi connectivity index (χ0) is 17.3. The Balaban J connectivity index is 1.67. The summed E-state index contributed by atoms with van der Waals surface area (Å²) < 4.78 is 0. The van der Waals surface area contributed by atoms with Crippen LogP contribution in [0.5, 0.6) is 0 Å². The lowest BCUT2D eigenvalue weighted by Gasteiger charge is -2.33. The Morgan fingerprint density at radius 3 is 2.08 bits per heavy atom. The summed E-state index contributed by atoms with van der Waals surface area (Å²) in [4.78, 5) is 4.87. The molecule has 3 rings (SSSR count). The minimum Gasteiger partial charge on any atom is -0.352 e. The Hall–Kier alpha value is -2.22. The third-order valence-electron chi connectivity index (χ3n) is 4.92. The average Bonchev–Trinajstić information content (AvgIpc) is 3.10. The van der Waals surface area contributed by atoms with Crippen molar-refractivity contribution in [1.82, 2.24) is 4.90 Å². The normalized spacial score (nSPS) is 16.6. The van der Waals surface area contributed by atoms with E-state index < -0.39 is 0 Å². The fourth-order valence-electron chi connectivity index (χ4n) is 3.56. The van der Waals surface area contributed by atoms with Gasteiger partial charge in [0.1, 0.15) is 6.17 Å². The molecular weight excluding hydrogens is 304 g/mol. The molecule has 2 aromatic rings. The number of hydrogen-bond donors (Lipinski definition) is 0. The molecule has 0 N–H and O–H groups in total. The number of rotatable bonds is 9. The maximum absolute atomic E-state index is 2.49. The molecule has 0 spiro atoms. The molecule has 0 aromatic heterocycles. The van der Waals surface area contributed by atoms with Gasteiger partial charge in [-0.25, -0.2) is 0 Å². The largest absolute Gasteiger partial charge is 0.352 e. The molecule has 0 saturated heterocycles. The van der Waals surface area contributed by atoms with Gasteiger partial charge in [0.2, 0.25) is 0 Å². The van der Waals surface area contributed by atoms with E-state index in [1.807, 2.05) is 0 Å². The summed E-state index contributed by atoms with van der Waals surface area (Å²) in [6, 6.07) is 21.5. The molecule has 2 heteroatoms. The second-order valence-electron chi connectivity index (χ2n) is 6.83. The van der Waals surface area contributed by atoms with Crippen LogP contribution in [0.25, 0.3) is 0 Å². The van der Waals surface area contributed by atoms with E-state index in [1.165, 1.54) is 49.8 Å². The molecule has 2 nitrogen and oxygen atoms in total. The van der Waals surface area contributed by atoms with E-state index >= 15 is 0 Å². The maximum Gasteiger partial charge on any atom is 0.132 e. The molecule has 0 radical (unpaired) electrons. The highest BCUT2D eigenvalue weighted by Crippen LogP contribution is 2.35. The molecular formula is C23H30N2. The van der Waals surface area contributed by atoms with Crippen LogP contribution in [0.2, 0.25) is 0 Å². The van der Waals surface area contributed by atoms with Gasteiger partial charge in [-0.15, -0.1) is 0 Å². The third-order valence-corrected chi connectivity index (χ3v) is 4.92. The first-order chi connectivity index (χ1) is 12.4. The Kier molecular flexibility index (Phi) is 6.55. The first-order valence-corrected chi connectivity index (χ1v) is 9.72. The van der Waals surface area contributed by atoms with E-state index in [1.54, 1.807) is 0 Å². The van der Waals surface area contributed by atoms with E-state index in [9.17, 15) is 0 Å². The summed E-state index contributed by atoms with van der Waals surface area (Å²) >= 11 is 0. The molecule has 1 unspecified atom stereocenters. The highest BCUT2D eigenvalue weighted by Gasteiger charge is 2.28. The number of anilines is 1. The summed E-state index contributed by atoms with van der Waals surface area (Å²) in [5.74, 6) is 0. The predicted octanol–water partition coefficient (Wildman–Crippen LogP) is 6.34. The number of benzene rings is 2. The van der Waals surface area contributed by atoms with E-state index in [0.29, 0.717) is 0 Å². The highest BCUT2D eigenvalue weighted by molar-refractivity contribution is 5.53. The van der Waals surface area contributed by atoms with Crippen LogP contribution in [0.1, 0.15) is 57.2 Å². The maximum atomic E-state index is 2.49. The zero-order valence-corrected chi connectivity index (χ0v) is 15.3. The molecule has 0 bridgehead atoms. The monoisotopic (exact) mass is 334 g/mol. The lowest BCUT2D eigenvalue weighted by atomic mass is 10.1. The van der Waals surface area contributed by atoms with Gasteiger partial charge in [-0.2, -0.15) is 0 Å². The minimum absolute atomic E-state index is 0.263. The van der Waals surface area contributed by atoms with Crippen LogP contribution in [0.4, 0.5) is 5.69 Å². The molecule has 1 heterocycles. The highest BCUT2D eigenvalue weighted by atomic mass is 15.4. The van der Waals surface area contributed by atoms with Gasteiger partial charge < -0.3 is 9.80 Å². The number of hydrogen-bond acceptors (Lipinski definition) is 2. The van der Waals surface area contributed by atoms with Crippen LogP contribution in [-0.4, -0.2) is 11.4 Å². The number of unbranched alkanes of at least 4 members (excludes halogenated alkanes) is 5. The summed E-state index contributed by atoms with van der Waals surface area (Å²) in [6.07, 6.45) is 12.8. The lowest BCUT2D eigenvalue weighted by molar-refractivity contribution is 0.297. The van der Waals surface area contributed by atoms with Crippen LogP contribution in [0, 0.1) is 0 Å². The molecule has 0 amide bonds. The standard InChI is InChI=1S/C23H30N2/c1-2-3-4-5-6-13-18-24-19-20-25(22-16-11-8-12-17-22)23(24)21-14-9-7-10-15-21/h7-12,14-17,19-20,23H,2-6,13,18H2,1H3. The lowest BCUT2D eigenvalue weighted by Crippen LogP contribution is -2.31. The van der Waals surface area contributed by atoms with Gasteiger partial charge in [0.25, 0.3) is 0 Å². The molecule has 25 heavy (non-hydrogen) atoms. The molecule has 2 aromatic carbocycles. The second-order valence-corrected chi connectivity index (χ2v) is 6.83. The van der Waals surface area contributed by atoms with Crippen LogP contribution in [0.15, 0.2) is 73.1 Å². The van der Waals surface area contributed by atoms with Crippen LogP contribution < -0.4 is 4.90 Å². The Bertz CT molecular complexity index is 636. The molecule has 1 aliphatic rings. The predicted molar refractivity (Wildman–Crippen MR) is 107 cm³/mol. The number of para-hydroxylation sites is 1. The SMILES string of the molecule is CCCCCCCCN1C=CN(c2ccccc2)C1c1ccccc1. The molecule has 1 atom stereocenters. The Labute approximate surface area is 152 Å². The molecule has 1 aliphatic heterocycles. The minimum atomic E-state index is 0.263. The van der Waals surface area contributed by atoms with Crippen LogP contribution >= 0.6 is 0 Å². The molecule has 132 valence electrons. The van der Waals surface area contributed by atoms with Crippen molar-refractivity contribution >= 4 is 5.69 Å². The van der Waals surface area contributed by atoms with Gasteiger partial charge in [-0.1, -0.05) is 87.6 Å². The number of nitrogens with zero attached hydrogens (tertiary/aromatic N) is 2. The van der Waals surface area contributed by atoms with Gasteiger partial charge >= 0.3 is 0 Å². The van der Waals surface area contributed by atoms with Gasteiger partial charge in [0.15, 0.2) is 0 Å². The summed E-state index contributed by atoms with van der Waals surface area (Å²) in [7, 11) is 0. The first kappa shape index (κ1) is 17.6. The van der Waals surface area contributed by atoms with E-state index in [0.717, 1.165) is 6.54 Å². The van der Waals surface area contributed by atoms with Crippen molar-refractivity contribution in [3.8, 4) is 0 Å². The summed E-state index contributed by atoms with van der Waals surface area (Å²) in [5, 5.41) is 0. The first-order valence-electron chi connectivity index (χ1n) is 9.72. The fourth-order valence-corrected chi connectivity index (χ4v) is 3.56. The molecule has 0 saturated carbocycles. The van der Waals surface area contributed by atoms with Crippen molar-refractivity contribution in [1.29, 1.82) is 0 Å². The second kappa shape index (κ2) is 9.31. The summed E-state index contributed by atoms with van der Waals surface area (Å²) in [5.41, 5.74) is 2.60. The van der Waals surface area contributed by atoms with Crippen molar-refractivity contribution in [2.75, 3.05) is 11.4 Å². The Morgan fingerprint density at radius 2 is 1.36 bits per heavy atom. The Morgan fingerprint density at radius 1 is 0.720 bits per heavy atom. The van der Waals surface area contributed by atoms with Crippen LogP contribution in [0.3, 0.4) is 0 Å². The summed E-state index contributed by atoms with van der Waals surface area (Å²) in [6.45, 7) is 3.39. The van der Waals surface area contributed by atoms with E-state index in [-0.39, 0.29) is 6.17 Å². The van der Waals surface area contributed by atoms with E-state index in [2.05, 4.69) is 89.8 Å². The molecule has 0 aliphatic carbocycles. The zero-order valence-electron chi connectivity index (χ0n) is 15.3. The fraction of sp³-hybridized carbons (Fsp3) is 0.391. The van der Waals surface area contributed by atoms with Gasteiger partial charge in [0.05, 0.1) is 0 Å². The quantitative estimate of drug-likeness (QED) is 0.494. The topological polar surface area (TPSA) is 6.48 Å². The van der Waals surface area contributed by atoms with Crippen molar-refractivity contribution in [2.24, 2.45) is 0 Å². The van der Waals surface area contributed by atoms with Crippen molar-refractivity contribution in [2.45, 2.75) is 51.6 Å². The van der Waals surface area contributed by atoms with Crippen molar-refractivity contribution in [3.63, 3.8) is 0 Å². The van der Waals surface area contributed by atoms with Crippen LogP contribution in [-0.2, 0) is 0 Å². The smallest absolute Gasteiger partial charge is 0.132 e. The third kappa shape index (κ3) is 4.66. The van der Waals surface area contributed by atoms with Gasteiger partial charge in [-0.05, 0) is 24.1 Å². The van der Waals surface area contributed by atoms with Gasteiger partial charge in [-0.3, -0.25) is 0 Å². The average molecular weight is 335 g/mol. The van der Waals surface area contributed by atoms with Gasteiger partial charge in [0, 0.05) is 24.6 Å². The molecule has 0 fully saturated rings. The van der Waals surface area contributed by atoms with Crippen molar-refractivity contribution < 1.29 is 0 Å². The van der Waals surface area contributed by atoms with Crippen molar-refractivity contribution in [3.05, 3.63) is 78.6 Å².